The number of aliphatic carboxylic acids is 1. The monoisotopic (exact) mass is 1630 g/mol. The number of carbonyl (C=O) groups is 8. The molecule has 5 N–H and O–H groups in total. The van der Waals surface area contributed by atoms with Gasteiger partial charge in [-0.15, -0.1) is 0 Å². The van der Waals surface area contributed by atoms with Gasteiger partial charge in [-0.2, -0.15) is 0 Å². The van der Waals surface area contributed by atoms with Crippen LogP contribution in [0.25, 0.3) is 0 Å². The Bertz CT molecular complexity index is 4010. The number of carboxylic acid groups (broad SMARTS) is 1. The molecule has 4 fully saturated rings. The fourth-order valence-corrected chi connectivity index (χ4v) is 13.5. The molecule has 0 spiro atoms. The second-order valence-corrected chi connectivity index (χ2v) is 30.6. The fraction of sp³-hybridized carbons (Fsp3) is 0.561. The van der Waals surface area contributed by atoms with Gasteiger partial charge < -0.3 is 84.2 Å². The molecule has 4 atom stereocenters. The van der Waals surface area contributed by atoms with Crippen molar-refractivity contribution in [3.05, 3.63) is 149 Å². The number of carbonyl (C=O) groups excluding carboxylic acids is 7. The Morgan fingerprint density at radius 2 is 0.776 bits per heavy atom. The van der Waals surface area contributed by atoms with Gasteiger partial charge in [0.1, 0.15) is 11.2 Å². The first kappa shape index (κ1) is 92.5. The van der Waals surface area contributed by atoms with Crippen LogP contribution in [0, 0.1) is 11.8 Å². The maximum atomic E-state index is 12.9. The number of piperidine rings is 4. The van der Waals surface area contributed by atoms with Gasteiger partial charge in [0.2, 0.25) is 29.0 Å². The topological polar surface area (TPSA) is 383 Å². The Balaban J connectivity index is 0.000000199. The molecule has 33 nitrogen and oxygen atoms in total. The number of carboxylic acids is 1. The van der Waals surface area contributed by atoms with Gasteiger partial charge in [-0.25, -0.2) is 68.6 Å². The van der Waals surface area contributed by atoms with Crippen LogP contribution in [0.1, 0.15) is 175 Å². The number of nitrogens with zero attached hydrogens (tertiary/aromatic N) is 14. The molecule has 632 valence electrons. The highest BCUT2D eigenvalue weighted by Gasteiger charge is 2.35. The number of esters is 4. The summed E-state index contributed by atoms with van der Waals surface area (Å²) in [6.45, 7) is 26.0. The summed E-state index contributed by atoms with van der Waals surface area (Å²) in [5.74, 6) is 0.0667. The Hall–Kier alpha value is -10.7. The van der Waals surface area contributed by atoms with Gasteiger partial charge in [0.05, 0.1) is 73.6 Å². The molecule has 4 unspecified atom stereocenters. The average Bonchev–Trinajstić information content (AvgIpc) is 1.59. The van der Waals surface area contributed by atoms with Crippen molar-refractivity contribution in [2.45, 2.75) is 181 Å². The second kappa shape index (κ2) is 46.2. The number of halogens is 1. The summed E-state index contributed by atoms with van der Waals surface area (Å²) in [5, 5.41) is 21.8. The van der Waals surface area contributed by atoms with Crippen LogP contribution >= 0.6 is 11.6 Å². The molecule has 0 bridgehead atoms. The first-order chi connectivity index (χ1) is 55.4. The predicted octanol–water partition coefficient (Wildman–Crippen LogP) is 9.37. The standard InChI is InChI=1S/C23H29N5O3.C18H28N4O4.C13H20N4O2.C11H22N2O2.C10H11NO2.C7H7ClN2O2/c1-3-31-22(30)17-14-25-23(26-15-17)27(2)18-8-10-28(11-9-18)21(29)12-16-13-24-20-7-5-4-6-19(16)20;1-6-25-15(23)13-11-19-16(20-12-13)21(5)14-7-9-22(10-8-14)17(24)26-18(2,3)4;1-3-19-12(18)10-8-15-13(16-9-10)17(2)11-4-6-14-7-5-11;1-11(2,3)15-10(14)13-7-5-9(12-4)6-8-13;12-10(13)5-7-6-11-9-4-2-1-3-8(7)9;1-2-12-6(11)5-3-9-7(8)10-4-5/h4-7,13-15,18-20,24H,3,8-12H2,1-2H3;11-12,14H,6-10H2,1-5H3;8-9,11,14H,3-7H2,1-2H3;9,12H,5-8H2,1-4H3;1-4,6,8-9,11H,5H2,(H,12,13);3-4H,2H2,1H3. The van der Waals surface area contributed by atoms with E-state index in [2.05, 4.69) is 90.3 Å². The van der Waals surface area contributed by atoms with Gasteiger partial charge in [-0.1, -0.05) is 48.6 Å². The van der Waals surface area contributed by atoms with E-state index in [0.29, 0.717) is 98.1 Å². The van der Waals surface area contributed by atoms with E-state index < -0.39 is 35.1 Å². The average molecular weight is 1630 g/mol. The number of ether oxygens (including phenoxy) is 6. The van der Waals surface area contributed by atoms with Crippen LogP contribution in [-0.4, -0.2) is 262 Å². The Kier molecular flexibility index (Phi) is 36.8. The number of allylic oxidation sites excluding steroid dienone is 4. The minimum absolute atomic E-state index is 0.114. The van der Waals surface area contributed by atoms with Crippen LogP contribution in [0.15, 0.2) is 122 Å². The summed E-state index contributed by atoms with van der Waals surface area (Å²) < 4.78 is 30.2. The van der Waals surface area contributed by atoms with E-state index in [1.807, 2.05) is 121 Å². The molecule has 3 amide bonds. The predicted molar refractivity (Wildman–Crippen MR) is 439 cm³/mol. The van der Waals surface area contributed by atoms with Crippen molar-refractivity contribution in [3.8, 4) is 0 Å². The largest absolute Gasteiger partial charge is 0.481 e. The van der Waals surface area contributed by atoms with E-state index in [9.17, 15) is 38.4 Å². The third kappa shape index (κ3) is 29.6. The molecule has 34 heteroatoms. The molecule has 12 rings (SSSR count). The van der Waals surface area contributed by atoms with E-state index in [-0.39, 0.29) is 71.8 Å². The highest BCUT2D eigenvalue weighted by atomic mass is 35.5. The van der Waals surface area contributed by atoms with Crippen molar-refractivity contribution in [2.75, 3.05) is 122 Å². The zero-order valence-electron chi connectivity index (χ0n) is 69.4. The van der Waals surface area contributed by atoms with Crippen molar-refractivity contribution in [1.82, 2.24) is 75.8 Å². The number of hydrogen-bond donors (Lipinski definition) is 5. The van der Waals surface area contributed by atoms with Crippen molar-refractivity contribution >= 4 is 77.4 Å². The maximum Gasteiger partial charge on any atom is 0.410 e. The number of anilines is 3. The number of amides is 3. The summed E-state index contributed by atoms with van der Waals surface area (Å²) in [6.07, 6.45) is 39.6. The van der Waals surface area contributed by atoms with Gasteiger partial charge in [-0.05, 0) is 176 Å². The van der Waals surface area contributed by atoms with Crippen molar-refractivity contribution < 1.29 is 71.9 Å². The molecule has 6 aliphatic heterocycles. The van der Waals surface area contributed by atoms with E-state index >= 15 is 0 Å². The molecule has 4 saturated heterocycles. The third-order valence-corrected chi connectivity index (χ3v) is 19.9. The first-order valence-electron chi connectivity index (χ1n) is 39.7. The summed E-state index contributed by atoms with van der Waals surface area (Å²) in [7, 11) is 7.84. The lowest BCUT2D eigenvalue weighted by molar-refractivity contribution is -0.136. The van der Waals surface area contributed by atoms with Gasteiger partial charge in [0.25, 0.3) is 0 Å². The van der Waals surface area contributed by atoms with Crippen molar-refractivity contribution in [1.29, 1.82) is 0 Å². The molecule has 4 aromatic heterocycles. The highest BCUT2D eigenvalue weighted by Crippen LogP contribution is 2.32. The van der Waals surface area contributed by atoms with Gasteiger partial charge in [0, 0.05) is 146 Å². The highest BCUT2D eigenvalue weighted by molar-refractivity contribution is 6.28. The SMILES string of the molecule is CCOC(=O)c1cnc(Cl)nc1.CCOC(=O)c1cnc(N(C)C2CCN(C(=O)CC3=CNC4C=CC=CC34)CC2)nc1.CCOC(=O)c1cnc(N(C)C2CCN(C(=O)OC(C)(C)C)CC2)nc1.CCOC(=O)c1cnc(N(C)C2CCNCC2)nc1.CNC1CCN(C(=O)OC(C)(C)C)CC1.O=C(O)CC1=CNC2C=CC=CC12. The fourth-order valence-electron chi connectivity index (χ4n) is 13.4. The van der Waals surface area contributed by atoms with Crippen LogP contribution in [0.3, 0.4) is 0 Å². The second-order valence-electron chi connectivity index (χ2n) is 30.3. The number of likely N-dealkylation sites (tertiary alicyclic amines) is 3. The Morgan fingerprint density at radius 1 is 0.466 bits per heavy atom. The minimum Gasteiger partial charge on any atom is -0.481 e. The van der Waals surface area contributed by atoms with Crippen LogP contribution < -0.4 is 36.0 Å². The summed E-state index contributed by atoms with van der Waals surface area (Å²) in [6, 6.07) is 2.02. The maximum absolute atomic E-state index is 12.9. The molecule has 2 aliphatic carbocycles. The minimum atomic E-state index is -0.767. The lowest BCUT2D eigenvalue weighted by Gasteiger charge is -2.37. The number of rotatable bonds is 19. The summed E-state index contributed by atoms with van der Waals surface area (Å²) in [4.78, 5) is 138. The van der Waals surface area contributed by atoms with Crippen molar-refractivity contribution in [2.24, 2.45) is 11.8 Å². The number of hydrogen-bond acceptors (Lipinski definition) is 29. The van der Waals surface area contributed by atoms with Crippen molar-refractivity contribution in [3.63, 3.8) is 0 Å². The van der Waals surface area contributed by atoms with E-state index in [1.54, 1.807) is 37.5 Å². The molecule has 116 heavy (non-hydrogen) atoms. The molecule has 10 heterocycles. The molecule has 0 saturated carbocycles. The van der Waals surface area contributed by atoms with Gasteiger partial charge in [-0.3, -0.25) is 9.59 Å². The van der Waals surface area contributed by atoms with Crippen LogP contribution in [0.5, 0.6) is 0 Å². The summed E-state index contributed by atoms with van der Waals surface area (Å²) >= 11 is 5.42. The molecular formula is C82H117ClN18O15. The van der Waals surface area contributed by atoms with Crippen LogP contribution in [-0.2, 0) is 38.0 Å². The Morgan fingerprint density at radius 3 is 1.10 bits per heavy atom. The zero-order chi connectivity index (χ0) is 84.5. The smallest absolute Gasteiger partial charge is 0.410 e. The quantitative estimate of drug-likeness (QED) is 0.0331. The first-order valence-corrected chi connectivity index (χ1v) is 40.0. The number of nitrogens with one attached hydrogen (secondary N) is 4. The van der Waals surface area contributed by atoms with Crippen LogP contribution in [0.4, 0.5) is 27.4 Å². The molecular weight excluding hydrogens is 1510 g/mol. The Labute approximate surface area is 685 Å². The van der Waals surface area contributed by atoms with Gasteiger partial charge in [0.15, 0.2) is 0 Å². The molecule has 8 aliphatic rings. The molecule has 0 radical (unpaired) electrons. The zero-order valence-corrected chi connectivity index (χ0v) is 70.1. The van der Waals surface area contributed by atoms with E-state index in [4.69, 9.17) is 45.1 Å². The van der Waals surface area contributed by atoms with E-state index in [0.717, 1.165) is 102 Å². The van der Waals surface area contributed by atoms with Gasteiger partial charge >= 0.3 is 42.0 Å². The van der Waals surface area contributed by atoms with Crippen LogP contribution in [0.2, 0.25) is 5.28 Å². The molecule has 0 aromatic carbocycles. The molecule has 4 aromatic rings. The number of aromatic nitrogens is 8. The lowest BCUT2D eigenvalue weighted by atomic mass is 9.89. The summed E-state index contributed by atoms with van der Waals surface area (Å²) in [5.41, 5.74) is 2.62. The normalized spacial score (nSPS) is 18.9. The van der Waals surface area contributed by atoms with E-state index in [1.165, 1.54) is 49.6 Å². The third-order valence-electron chi connectivity index (χ3n) is 19.7. The number of fused-ring (bicyclic) bond motifs is 2. The lowest BCUT2D eigenvalue weighted by Crippen LogP contribution is -2.47.